The number of hydrogen-bond donors (Lipinski definition) is 0. The molecule has 1 atom stereocenters. The maximum atomic E-state index is 13.7. The third-order valence-corrected chi connectivity index (χ3v) is 4.23. The summed E-state index contributed by atoms with van der Waals surface area (Å²) in [6.07, 6.45) is 0. The number of carbonyl (C=O) groups is 2. The van der Waals surface area contributed by atoms with E-state index in [9.17, 15) is 14.0 Å². The molecule has 0 saturated heterocycles. The Kier molecular flexibility index (Phi) is 6.09. The van der Waals surface area contributed by atoms with Crippen LogP contribution in [0.5, 0.6) is 0 Å². The lowest BCUT2D eigenvalue weighted by atomic mass is 10.1. The number of carbonyl (C=O) groups excluding carboxylic acids is 2. The van der Waals surface area contributed by atoms with Gasteiger partial charge in [0.15, 0.2) is 6.61 Å². The first-order chi connectivity index (χ1) is 11.4. The Bertz CT molecular complexity index is 736. The molecule has 0 bridgehead atoms. The molecule has 2 aromatic carbocycles. The average molecular weight is 394 g/mol. The van der Waals surface area contributed by atoms with Crippen molar-refractivity contribution in [1.82, 2.24) is 4.90 Å². The van der Waals surface area contributed by atoms with Gasteiger partial charge in [-0.25, -0.2) is 9.18 Å². The van der Waals surface area contributed by atoms with Crippen LogP contribution >= 0.6 is 15.9 Å². The van der Waals surface area contributed by atoms with E-state index in [1.165, 1.54) is 23.1 Å². The van der Waals surface area contributed by atoms with Crippen molar-refractivity contribution in [2.75, 3.05) is 13.7 Å². The number of hydrogen-bond acceptors (Lipinski definition) is 3. The lowest BCUT2D eigenvalue weighted by Gasteiger charge is -2.25. The molecule has 2 aromatic rings. The summed E-state index contributed by atoms with van der Waals surface area (Å²) in [5.41, 5.74) is 0.767. The van der Waals surface area contributed by atoms with Crippen molar-refractivity contribution in [1.29, 1.82) is 0 Å². The predicted molar refractivity (Wildman–Crippen MR) is 92.0 cm³/mol. The molecule has 4 nitrogen and oxygen atoms in total. The predicted octanol–water partition coefficient (Wildman–Crippen LogP) is 3.96. The molecule has 126 valence electrons. The molecular formula is C18H17BrFNO3. The first-order valence-electron chi connectivity index (χ1n) is 7.33. The van der Waals surface area contributed by atoms with E-state index < -0.39 is 18.4 Å². The number of likely N-dealkylation sites (N-methyl/N-ethyl adjacent to an activating group) is 1. The van der Waals surface area contributed by atoms with Gasteiger partial charge in [-0.1, -0.05) is 46.3 Å². The van der Waals surface area contributed by atoms with Crippen LogP contribution < -0.4 is 0 Å². The summed E-state index contributed by atoms with van der Waals surface area (Å²) in [5, 5.41) is 0. The molecule has 2 rings (SSSR count). The summed E-state index contributed by atoms with van der Waals surface area (Å²) in [7, 11) is 1.63. The number of amides is 1. The molecule has 1 unspecified atom stereocenters. The molecule has 0 fully saturated rings. The van der Waals surface area contributed by atoms with Crippen LogP contribution in [0.1, 0.15) is 28.9 Å². The highest BCUT2D eigenvalue weighted by Crippen LogP contribution is 2.19. The van der Waals surface area contributed by atoms with E-state index in [0.717, 1.165) is 5.56 Å². The summed E-state index contributed by atoms with van der Waals surface area (Å²) in [6, 6.07) is 13.3. The van der Waals surface area contributed by atoms with E-state index in [2.05, 4.69) is 15.9 Å². The highest BCUT2D eigenvalue weighted by molar-refractivity contribution is 9.10. The summed E-state index contributed by atoms with van der Waals surface area (Å²) in [6.45, 7) is 1.44. The second-order valence-corrected chi connectivity index (χ2v) is 6.21. The normalized spacial score (nSPS) is 11.7. The summed E-state index contributed by atoms with van der Waals surface area (Å²) in [5.74, 6) is -1.93. The van der Waals surface area contributed by atoms with Crippen LogP contribution in [0.25, 0.3) is 0 Å². The Hall–Kier alpha value is -2.21. The third kappa shape index (κ3) is 4.41. The SMILES string of the molecule is CC(c1ccccc1)N(C)C(=O)COC(=O)c1ccc(Br)cc1F. The Morgan fingerprint density at radius 2 is 1.88 bits per heavy atom. The molecule has 0 heterocycles. The number of rotatable bonds is 5. The number of benzene rings is 2. The fourth-order valence-electron chi connectivity index (χ4n) is 2.13. The van der Waals surface area contributed by atoms with Crippen molar-refractivity contribution >= 4 is 27.8 Å². The Labute approximate surface area is 148 Å². The smallest absolute Gasteiger partial charge is 0.341 e. The van der Waals surface area contributed by atoms with Gasteiger partial charge in [-0.3, -0.25) is 4.79 Å². The van der Waals surface area contributed by atoms with E-state index >= 15 is 0 Å². The van der Waals surface area contributed by atoms with Crippen molar-refractivity contribution in [2.24, 2.45) is 0 Å². The van der Waals surface area contributed by atoms with Crippen LogP contribution in [0.4, 0.5) is 4.39 Å². The van der Waals surface area contributed by atoms with Crippen LogP contribution in [-0.4, -0.2) is 30.4 Å². The monoisotopic (exact) mass is 393 g/mol. The minimum atomic E-state index is -0.867. The average Bonchev–Trinajstić information content (AvgIpc) is 2.58. The second-order valence-electron chi connectivity index (χ2n) is 5.29. The third-order valence-electron chi connectivity index (χ3n) is 3.73. The first kappa shape index (κ1) is 18.1. The zero-order valence-corrected chi connectivity index (χ0v) is 14.9. The van der Waals surface area contributed by atoms with Gasteiger partial charge in [0, 0.05) is 11.5 Å². The lowest BCUT2D eigenvalue weighted by Crippen LogP contribution is -2.33. The molecular weight excluding hydrogens is 377 g/mol. The van der Waals surface area contributed by atoms with E-state index in [4.69, 9.17) is 4.74 Å². The Balaban J connectivity index is 1.96. The van der Waals surface area contributed by atoms with Gasteiger partial charge in [0.1, 0.15) is 5.82 Å². The van der Waals surface area contributed by atoms with Gasteiger partial charge >= 0.3 is 5.97 Å². The number of esters is 1. The topological polar surface area (TPSA) is 46.6 Å². The van der Waals surface area contributed by atoms with Crippen molar-refractivity contribution in [2.45, 2.75) is 13.0 Å². The molecule has 0 radical (unpaired) electrons. The minimum Gasteiger partial charge on any atom is -0.452 e. The van der Waals surface area contributed by atoms with Gasteiger partial charge in [-0.2, -0.15) is 0 Å². The minimum absolute atomic E-state index is 0.165. The molecule has 0 aromatic heterocycles. The molecule has 0 N–H and O–H groups in total. The van der Waals surface area contributed by atoms with Crippen molar-refractivity contribution in [3.05, 3.63) is 69.9 Å². The summed E-state index contributed by atoms with van der Waals surface area (Å²) >= 11 is 3.11. The maximum Gasteiger partial charge on any atom is 0.341 e. The Morgan fingerprint density at radius 3 is 2.50 bits per heavy atom. The zero-order valence-electron chi connectivity index (χ0n) is 13.3. The molecule has 0 aliphatic carbocycles. The molecule has 0 spiro atoms. The first-order valence-corrected chi connectivity index (χ1v) is 8.12. The van der Waals surface area contributed by atoms with E-state index in [-0.39, 0.29) is 17.5 Å². The largest absolute Gasteiger partial charge is 0.452 e. The van der Waals surface area contributed by atoms with Crippen LogP contribution in [0.2, 0.25) is 0 Å². The zero-order chi connectivity index (χ0) is 17.7. The van der Waals surface area contributed by atoms with Crippen LogP contribution in [0, 0.1) is 5.82 Å². The van der Waals surface area contributed by atoms with Gasteiger partial charge in [0.05, 0.1) is 11.6 Å². The number of ether oxygens (including phenoxy) is 1. The van der Waals surface area contributed by atoms with E-state index in [1.54, 1.807) is 7.05 Å². The molecule has 6 heteroatoms. The molecule has 1 amide bonds. The van der Waals surface area contributed by atoms with Gasteiger partial charge in [-0.15, -0.1) is 0 Å². The van der Waals surface area contributed by atoms with Crippen LogP contribution in [0.3, 0.4) is 0 Å². The quantitative estimate of drug-likeness (QED) is 0.722. The van der Waals surface area contributed by atoms with Gasteiger partial charge in [0.2, 0.25) is 0 Å². The summed E-state index contributed by atoms with van der Waals surface area (Å²) in [4.78, 5) is 25.6. The van der Waals surface area contributed by atoms with Crippen molar-refractivity contribution in [3.63, 3.8) is 0 Å². The molecule has 0 aliphatic rings. The van der Waals surface area contributed by atoms with Gasteiger partial charge < -0.3 is 9.64 Å². The fraction of sp³-hybridized carbons (Fsp3) is 0.222. The molecule has 0 aliphatic heterocycles. The summed E-state index contributed by atoms with van der Waals surface area (Å²) < 4.78 is 19.2. The number of nitrogens with zero attached hydrogens (tertiary/aromatic N) is 1. The van der Waals surface area contributed by atoms with Crippen molar-refractivity contribution < 1.29 is 18.7 Å². The second kappa shape index (κ2) is 8.06. The molecule has 0 saturated carbocycles. The van der Waals surface area contributed by atoms with Crippen LogP contribution in [-0.2, 0) is 9.53 Å². The fourth-order valence-corrected chi connectivity index (χ4v) is 2.47. The Morgan fingerprint density at radius 1 is 1.21 bits per heavy atom. The standard InChI is InChI=1S/C18H17BrFNO3/c1-12(13-6-4-3-5-7-13)21(2)17(22)11-24-18(23)15-9-8-14(19)10-16(15)20/h3-10,12H,11H2,1-2H3. The highest BCUT2D eigenvalue weighted by atomic mass is 79.9. The van der Waals surface area contributed by atoms with Gasteiger partial charge in [-0.05, 0) is 30.7 Å². The van der Waals surface area contributed by atoms with Crippen molar-refractivity contribution in [3.8, 4) is 0 Å². The van der Waals surface area contributed by atoms with Crippen LogP contribution in [0.15, 0.2) is 53.0 Å². The van der Waals surface area contributed by atoms with E-state index in [0.29, 0.717) is 4.47 Å². The van der Waals surface area contributed by atoms with Gasteiger partial charge in [0.25, 0.3) is 5.91 Å². The number of halogens is 2. The highest BCUT2D eigenvalue weighted by Gasteiger charge is 2.20. The van der Waals surface area contributed by atoms with E-state index in [1.807, 2.05) is 37.3 Å². The lowest BCUT2D eigenvalue weighted by molar-refractivity contribution is -0.135. The maximum absolute atomic E-state index is 13.7. The molecule has 24 heavy (non-hydrogen) atoms.